The molecule has 37 heavy (non-hydrogen) atoms. The van der Waals surface area contributed by atoms with E-state index in [0.29, 0.717) is 6.42 Å². The molecule has 4 aliphatic rings. The summed E-state index contributed by atoms with van der Waals surface area (Å²) in [6, 6.07) is -2.12. The van der Waals surface area contributed by atoms with E-state index in [1.165, 1.54) is 0 Å². The molecule has 16 heteroatoms. The lowest BCUT2D eigenvalue weighted by Crippen LogP contribution is -2.69. The molecular weight excluding hydrogens is 502 g/mol. The molecule has 1 aliphatic carbocycles. The lowest BCUT2D eigenvalue weighted by atomic mass is 9.83. The standard InChI is InChI=1S/C21H39N3O13/c1-23-7-3-8(24-2)11(28)16(10(7)27)34-20-18-17(12(29)9(5-26)33-20)36-21(37-18)19(32)14(31)13(30)15(35-21)6(22)4-25/h6-20,23-32H,3-5,22H2,1-2H3/t6-,7+,8+,9+,10-,11+,12+,13-,14-,15+,16?,17-,18+,19-,20-,21+/m0/s1. The van der Waals surface area contributed by atoms with Gasteiger partial charge in [0.25, 0.3) is 0 Å². The van der Waals surface area contributed by atoms with E-state index in [0.717, 1.165) is 0 Å². The average molecular weight is 542 g/mol. The van der Waals surface area contributed by atoms with Crippen molar-refractivity contribution in [2.45, 2.75) is 104 Å². The van der Waals surface area contributed by atoms with Gasteiger partial charge in [-0.15, -0.1) is 0 Å². The average Bonchev–Trinajstić information content (AvgIpc) is 3.29. The summed E-state index contributed by atoms with van der Waals surface area (Å²) in [6.07, 6.45) is -17.2. The second kappa shape index (κ2) is 11.5. The van der Waals surface area contributed by atoms with Crippen LogP contribution in [0, 0.1) is 0 Å². The summed E-state index contributed by atoms with van der Waals surface area (Å²) in [5.41, 5.74) is 5.81. The molecule has 1 spiro atoms. The third-order valence-corrected chi connectivity index (χ3v) is 7.74. The highest BCUT2D eigenvalue weighted by atomic mass is 16.9. The van der Waals surface area contributed by atoms with E-state index in [4.69, 9.17) is 29.4 Å². The number of nitrogens with two attached hydrogens (primary N) is 1. The van der Waals surface area contributed by atoms with Gasteiger partial charge in [0.2, 0.25) is 0 Å². The second-order valence-electron chi connectivity index (χ2n) is 9.95. The number of hydrogen-bond donors (Lipinski definition) is 11. The van der Waals surface area contributed by atoms with E-state index in [9.17, 15) is 40.9 Å². The molecule has 3 saturated heterocycles. The number of aliphatic hydroxyl groups excluding tert-OH is 8. The van der Waals surface area contributed by atoms with Gasteiger partial charge in [-0.3, -0.25) is 0 Å². The molecule has 0 aromatic carbocycles. The van der Waals surface area contributed by atoms with E-state index in [1.54, 1.807) is 14.1 Å². The molecule has 216 valence electrons. The largest absolute Gasteiger partial charge is 0.395 e. The Balaban J connectivity index is 1.63. The van der Waals surface area contributed by atoms with Gasteiger partial charge >= 0.3 is 5.97 Å². The van der Waals surface area contributed by atoms with Crippen molar-refractivity contribution < 1.29 is 64.5 Å². The third kappa shape index (κ3) is 5.04. The molecular formula is C21H39N3O13. The van der Waals surface area contributed by atoms with E-state index in [1.807, 2.05) is 0 Å². The van der Waals surface area contributed by atoms with Crippen LogP contribution in [0.4, 0.5) is 0 Å². The maximum absolute atomic E-state index is 10.9. The lowest BCUT2D eigenvalue weighted by Gasteiger charge is -2.46. The zero-order chi connectivity index (χ0) is 27.2. The molecule has 1 unspecified atom stereocenters. The first kappa shape index (κ1) is 29.3. The van der Waals surface area contributed by atoms with Gasteiger partial charge in [0, 0.05) is 12.1 Å². The maximum atomic E-state index is 10.9. The Morgan fingerprint density at radius 1 is 0.865 bits per heavy atom. The highest BCUT2D eigenvalue weighted by molar-refractivity contribution is 5.05. The Labute approximate surface area is 212 Å². The van der Waals surface area contributed by atoms with E-state index < -0.39 is 111 Å². The summed E-state index contributed by atoms with van der Waals surface area (Å²) in [5, 5.41) is 89.3. The Kier molecular flexibility index (Phi) is 9.09. The maximum Gasteiger partial charge on any atom is 0.314 e. The second-order valence-corrected chi connectivity index (χ2v) is 9.95. The number of likely N-dealkylation sites (N-methyl/N-ethyl adjacent to an activating group) is 2. The summed E-state index contributed by atoms with van der Waals surface area (Å²) in [6.45, 7) is -1.31. The van der Waals surface area contributed by atoms with Crippen LogP contribution < -0.4 is 16.4 Å². The highest BCUT2D eigenvalue weighted by Crippen LogP contribution is 2.45. The van der Waals surface area contributed by atoms with E-state index >= 15 is 0 Å². The molecule has 0 radical (unpaired) electrons. The molecule has 3 aliphatic heterocycles. The van der Waals surface area contributed by atoms with Gasteiger partial charge in [-0.25, -0.2) is 0 Å². The Morgan fingerprint density at radius 2 is 1.46 bits per heavy atom. The van der Waals surface area contributed by atoms with Crippen LogP contribution in [0.1, 0.15) is 6.42 Å². The Morgan fingerprint density at radius 3 is 2.00 bits per heavy atom. The molecule has 16 nitrogen and oxygen atoms in total. The molecule has 3 heterocycles. The summed E-state index contributed by atoms with van der Waals surface area (Å²) in [5.74, 6) is -2.47. The predicted molar refractivity (Wildman–Crippen MR) is 119 cm³/mol. The summed E-state index contributed by atoms with van der Waals surface area (Å²) >= 11 is 0. The quantitative estimate of drug-likeness (QED) is 0.143. The van der Waals surface area contributed by atoms with Crippen LogP contribution in [0.5, 0.6) is 0 Å². The first-order valence-electron chi connectivity index (χ1n) is 12.3. The first-order valence-corrected chi connectivity index (χ1v) is 12.3. The highest BCUT2D eigenvalue weighted by Gasteiger charge is 2.67. The molecule has 0 aromatic heterocycles. The summed E-state index contributed by atoms with van der Waals surface area (Å²) in [4.78, 5) is 0. The van der Waals surface area contributed by atoms with Crippen molar-refractivity contribution in [3.63, 3.8) is 0 Å². The first-order chi connectivity index (χ1) is 17.5. The molecule has 0 bridgehead atoms. The van der Waals surface area contributed by atoms with Gasteiger partial charge in [-0.05, 0) is 20.5 Å². The monoisotopic (exact) mass is 541 g/mol. The van der Waals surface area contributed by atoms with Crippen LogP contribution in [0.2, 0.25) is 0 Å². The van der Waals surface area contributed by atoms with Gasteiger partial charge in [-0.1, -0.05) is 0 Å². The van der Waals surface area contributed by atoms with Crippen LogP contribution in [0.3, 0.4) is 0 Å². The van der Waals surface area contributed by atoms with Gasteiger partial charge in [0.15, 0.2) is 12.4 Å². The molecule has 4 fully saturated rings. The topological polar surface area (TPSA) is 258 Å². The molecule has 16 atom stereocenters. The summed E-state index contributed by atoms with van der Waals surface area (Å²) in [7, 11) is 3.29. The lowest BCUT2D eigenvalue weighted by molar-refractivity contribution is -0.439. The number of rotatable bonds is 7. The molecule has 0 aromatic rings. The van der Waals surface area contributed by atoms with Gasteiger partial charge < -0.3 is 80.9 Å². The van der Waals surface area contributed by atoms with E-state index in [2.05, 4.69) is 10.6 Å². The van der Waals surface area contributed by atoms with Crippen LogP contribution in [-0.2, 0) is 23.7 Å². The van der Waals surface area contributed by atoms with Gasteiger partial charge in [0.1, 0.15) is 48.8 Å². The summed E-state index contributed by atoms with van der Waals surface area (Å²) < 4.78 is 29.0. The minimum absolute atomic E-state index is 0.389. The fourth-order valence-electron chi connectivity index (χ4n) is 5.48. The fraction of sp³-hybridized carbons (Fsp3) is 1.00. The number of fused-ring (bicyclic) bond motifs is 1. The van der Waals surface area contributed by atoms with Crippen molar-refractivity contribution >= 4 is 0 Å². The molecule has 1 saturated carbocycles. The van der Waals surface area contributed by atoms with E-state index in [-0.39, 0.29) is 0 Å². The SMILES string of the molecule is CN[C@@H]1C[C@@H](NC)[C@@H](O)C(O[C@@H]2O[C@H](CO)[C@@H](O)[C@@H]3O[C@]4(O[C@@H]23)O[C@H]([C@@H](N)CO)[C@@H](O)[C@H](O)[C@@H]4O)[C@H]1O. The minimum atomic E-state index is -2.47. The number of ether oxygens (including phenoxy) is 5. The van der Waals surface area contributed by atoms with Crippen molar-refractivity contribution in [1.82, 2.24) is 10.6 Å². The zero-order valence-corrected chi connectivity index (χ0v) is 20.5. The Bertz CT molecular complexity index is 755. The van der Waals surface area contributed by atoms with Gasteiger partial charge in [0.05, 0.1) is 31.5 Å². The number of nitrogens with one attached hydrogen (secondary N) is 2. The van der Waals surface area contributed by atoms with Crippen LogP contribution >= 0.6 is 0 Å². The Hall–Kier alpha value is -0.640. The molecule has 0 amide bonds. The van der Waals surface area contributed by atoms with Crippen LogP contribution in [-0.4, -0.2) is 166 Å². The van der Waals surface area contributed by atoms with Crippen LogP contribution in [0.25, 0.3) is 0 Å². The number of hydrogen-bond acceptors (Lipinski definition) is 16. The smallest absolute Gasteiger partial charge is 0.314 e. The van der Waals surface area contributed by atoms with Crippen molar-refractivity contribution in [3.05, 3.63) is 0 Å². The minimum Gasteiger partial charge on any atom is -0.395 e. The van der Waals surface area contributed by atoms with Crippen molar-refractivity contribution in [3.8, 4) is 0 Å². The van der Waals surface area contributed by atoms with Crippen molar-refractivity contribution in [2.24, 2.45) is 5.73 Å². The molecule has 12 N–H and O–H groups in total. The normalized spacial score (nSPS) is 53.3. The van der Waals surface area contributed by atoms with Crippen LogP contribution in [0.15, 0.2) is 0 Å². The fourth-order valence-corrected chi connectivity index (χ4v) is 5.48. The third-order valence-electron chi connectivity index (χ3n) is 7.74. The molecule has 4 rings (SSSR count). The van der Waals surface area contributed by atoms with Gasteiger partial charge in [-0.2, -0.15) is 0 Å². The van der Waals surface area contributed by atoms with Crippen molar-refractivity contribution in [2.75, 3.05) is 27.3 Å². The van der Waals surface area contributed by atoms with Crippen molar-refractivity contribution in [1.29, 1.82) is 0 Å². The number of aliphatic hydroxyl groups is 8. The predicted octanol–water partition coefficient (Wildman–Crippen LogP) is -7.01. The zero-order valence-electron chi connectivity index (χ0n) is 20.5.